The number of aromatic nitrogens is 2. The average Bonchev–Trinajstić information content (AvgIpc) is 2.47. The monoisotopic (exact) mass is 314 g/mol. The Hall–Kier alpha value is -3.16. The molecule has 6 N–H and O–H groups in total. The fourth-order valence-corrected chi connectivity index (χ4v) is 1.86. The lowest BCUT2D eigenvalue weighted by Crippen LogP contribution is -2.16. The maximum Gasteiger partial charge on any atom is 0.225 e. The number of rotatable bonds is 6. The van der Waals surface area contributed by atoms with Crippen LogP contribution in [-0.4, -0.2) is 21.8 Å². The summed E-state index contributed by atoms with van der Waals surface area (Å²) in [5.74, 6) is 0.997. The van der Waals surface area contributed by atoms with E-state index < -0.39 is 0 Å². The Bertz CT molecular complexity index is 644. The molecule has 0 bridgehead atoms. The maximum atomic E-state index is 11.8. The number of anilines is 4. The number of amides is 2. The molecule has 2 aromatic rings. The smallest absolute Gasteiger partial charge is 0.225 e. The molecular formula is C15H18N6O2. The molecule has 0 atom stereocenters. The maximum absolute atomic E-state index is 11.8. The molecule has 8 nitrogen and oxygen atoms in total. The van der Waals surface area contributed by atoms with Gasteiger partial charge in [0, 0.05) is 12.8 Å². The van der Waals surface area contributed by atoms with Crippen molar-refractivity contribution in [2.75, 3.05) is 22.1 Å². The Morgan fingerprint density at radius 2 is 1.26 bits per heavy atom. The van der Waals surface area contributed by atoms with E-state index in [1.807, 2.05) is 0 Å². The van der Waals surface area contributed by atoms with E-state index in [-0.39, 0.29) is 24.7 Å². The van der Waals surface area contributed by atoms with Gasteiger partial charge in [0.15, 0.2) is 0 Å². The molecule has 2 amide bonds. The Labute approximate surface area is 133 Å². The van der Waals surface area contributed by atoms with Gasteiger partial charge in [-0.3, -0.25) is 9.59 Å². The molecule has 0 aliphatic carbocycles. The van der Waals surface area contributed by atoms with Crippen LogP contribution < -0.4 is 22.1 Å². The van der Waals surface area contributed by atoms with Crippen molar-refractivity contribution in [1.82, 2.24) is 9.97 Å². The van der Waals surface area contributed by atoms with Gasteiger partial charge in [-0.05, 0) is 30.7 Å². The van der Waals surface area contributed by atoms with Crippen LogP contribution in [0.5, 0.6) is 0 Å². The largest absolute Gasteiger partial charge is 0.384 e. The highest BCUT2D eigenvalue weighted by Gasteiger charge is 2.07. The van der Waals surface area contributed by atoms with Crippen LogP contribution in [0.1, 0.15) is 19.3 Å². The van der Waals surface area contributed by atoms with Gasteiger partial charge in [-0.1, -0.05) is 12.1 Å². The first-order valence-corrected chi connectivity index (χ1v) is 7.08. The van der Waals surface area contributed by atoms with Crippen molar-refractivity contribution in [1.29, 1.82) is 0 Å². The number of nitrogen functional groups attached to an aromatic ring is 2. The molecule has 0 fully saturated rings. The number of pyridine rings is 2. The third-order valence-electron chi connectivity index (χ3n) is 2.88. The fourth-order valence-electron chi connectivity index (χ4n) is 1.86. The molecule has 23 heavy (non-hydrogen) atoms. The molecule has 0 aliphatic rings. The van der Waals surface area contributed by atoms with E-state index in [1.54, 1.807) is 36.4 Å². The molecular weight excluding hydrogens is 296 g/mol. The normalized spacial score (nSPS) is 10.1. The lowest BCUT2D eigenvalue weighted by Gasteiger charge is -2.06. The molecule has 2 heterocycles. The van der Waals surface area contributed by atoms with Crippen LogP contribution in [0.4, 0.5) is 23.3 Å². The second-order valence-corrected chi connectivity index (χ2v) is 4.85. The average molecular weight is 314 g/mol. The first kappa shape index (κ1) is 16.2. The minimum atomic E-state index is -0.224. The SMILES string of the molecule is Nc1cccc(NC(=O)CCCC(=O)Nc2cccc(N)n2)n1. The van der Waals surface area contributed by atoms with E-state index in [2.05, 4.69) is 20.6 Å². The number of carbonyl (C=O) groups excluding carboxylic acids is 2. The van der Waals surface area contributed by atoms with E-state index in [0.29, 0.717) is 29.7 Å². The minimum absolute atomic E-state index is 0.203. The van der Waals surface area contributed by atoms with Crippen LogP contribution in [0.2, 0.25) is 0 Å². The first-order chi connectivity index (χ1) is 11.0. The van der Waals surface area contributed by atoms with Crippen LogP contribution in [0, 0.1) is 0 Å². The number of nitrogens with one attached hydrogen (secondary N) is 2. The quantitative estimate of drug-likeness (QED) is 0.636. The van der Waals surface area contributed by atoms with Gasteiger partial charge in [0.25, 0.3) is 0 Å². The predicted molar refractivity (Wildman–Crippen MR) is 88.4 cm³/mol. The first-order valence-electron chi connectivity index (χ1n) is 7.08. The summed E-state index contributed by atoms with van der Waals surface area (Å²) in [7, 11) is 0. The van der Waals surface area contributed by atoms with Crippen LogP contribution in [0.3, 0.4) is 0 Å². The summed E-state index contributed by atoms with van der Waals surface area (Å²) >= 11 is 0. The van der Waals surface area contributed by atoms with Crippen molar-refractivity contribution in [3.05, 3.63) is 36.4 Å². The van der Waals surface area contributed by atoms with Gasteiger partial charge in [-0.2, -0.15) is 0 Å². The molecule has 0 spiro atoms. The van der Waals surface area contributed by atoms with Crippen molar-refractivity contribution < 1.29 is 9.59 Å². The van der Waals surface area contributed by atoms with Crippen LogP contribution in [0.15, 0.2) is 36.4 Å². The van der Waals surface area contributed by atoms with Crippen molar-refractivity contribution in [2.24, 2.45) is 0 Å². The molecule has 0 saturated carbocycles. The topological polar surface area (TPSA) is 136 Å². The third-order valence-corrected chi connectivity index (χ3v) is 2.88. The van der Waals surface area contributed by atoms with Gasteiger partial charge in [0.05, 0.1) is 0 Å². The highest BCUT2D eigenvalue weighted by atomic mass is 16.2. The Morgan fingerprint density at radius 1 is 0.826 bits per heavy atom. The predicted octanol–water partition coefficient (Wildman–Crippen LogP) is 1.39. The van der Waals surface area contributed by atoms with E-state index in [0.717, 1.165) is 0 Å². The van der Waals surface area contributed by atoms with Crippen molar-refractivity contribution in [3.8, 4) is 0 Å². The zero-order chi connectivity index (χ0) is 16.7. The third kappa shape index (κ3) is 5.62. The Kier molecular flexibility index (Phi) is 5.45. The molecule has 0 radical (unpaired) electrons. The lowest BCUT2D eigenvalue weighted by molar-refractivity contribution is -0.117. The molecule has 2 aromatic heterocycles. The van der Waals surface area contributed by atoms with Crippen LogP contribution in [0.25, 0.3) is 0 Å². The van der Waals surface area contributed by atoms with E-state index in [9.17, 15) is 9.59 Å². The van der Waals surface area contributed by atoms with E-state index in [4.69, 9.17) is 11.5 Å². The lowest BCUT2D eigenvalue weighted by atomic mass is 10.2. The van der Waals surface area contributed by atoms with Crippen molar-refractivity contribution in [3.63, 3.8) is 0 Å². The molecule has 0 aliphatic heterocycles. The summed E-state index contributed by atoms with van der Waals surface area (Å²) in [5, 5.41) is 5.25. The fraction of sp³-hybridized carbons (Fsp3) is 0.200. The Morgan fingerprint density at radius 3 is 1.65 bits per heavy atom. The summed E-state index contributed by atoms with van der Waals surface area (Å²) < 4.78 is 0. The summed E-state index contributed by atoms with van der Waals surface area (Å²) in [4.78, 5) is 31.4. The second kappa shape index (κ2) is 7.74. The summed E-state index contributed by atoms with van der Waals surface area (Å²) in [6.45, 7) is 0. The summed E-state index contributed by atoms with van der Waals surface area (Å²) in [6, 6.07) is 9.95. The standard InChI is InChI=1S/C15H18N6O2/c16-10-4-1-6-12(18-10)20-14(22)8-3-9-15(23)21-13-7-2-5-11(17)19-13/h1-2,4-7H,3,8-9H2,(H3,16,18,20,22)(H3,17,19,21,23). The van der Waals surface area contributed by atoms with Crippen LogP contribution >= 0.6 is 0 Å². The minimum Gasteiger partial charge on any atom is -0.384 e. The van der Waals surface area contributed by atoms with Gasteiger partial charge in [-0.25, -0.2) is 9.97 Å². The summed E-state index contributed by atoms with van der Waals surface area (Å²) in [5.41, 5.74) is 11.1. The van der Waals surface area contributed by atoms with E-state index in [1.165, 1.54) is 0 Å². The molecule has 2 rings (SSSR count). The van der Waals surface area contributed by atoms with Gasteiger partial charge < -0.3 is 22.1 Å². The number of carbonyl (C=O) groups is 2. The molecule has 8 heteroatoms. The second-order valence-electron chi connectivity index (χ2n) is 4.85. The zero-order valence-electron chi connectivity index (χ0n) is 12.5. The molecule has 0 unspecified atom stereocenters. The van der Waals surface area contributed by atoms with E-state index >= 15 is 0 Å². The highest BCUT2D eigenvalue weighted by Crippen LogP contribution is 2.09. The van der Waals surface area contributed by atoms with Gasteiger partial charge >= 0.3 is 0 Å². The van der Waals surface area contributed by atoms with Crippen molar-refractivity contribution in [2.45, 2.75) is 19.3 Å². The Balaban J connectivity index is 1.71. The molecule has 0 saturated heterocycles. The number of nitrogens with zero attached hydrogens (tertiary/aromatic N) is 2. The molecule has 120 valence electrons. The van der Waals surface area contributed by atoms with Gasteiger partial charge in [-0.15, -0.1) is 0 Å². The van der Waals surface area contributed by atoms with Crippen LogP contribution in [-0.2, 0) is 9.59 Å². The molecule has 0 aromatic carbocycles. The van der Waals surface area contributed by atoms with Gasteiger partial charge in [0.1, 0.15) is 23.3 Å². The number of hydrogen-bond acceptors (Lipinski definition) is 6. The highest BCUT2D eigenvalue weighted by molar-refractivity contribution is 5.92. The number of nitrogens with two attached hydrogens (primary N) is 2. The van der Waals surface area contributed by atoms with Gasteiger partial charge in [0.2, 0.25) is 11.8 Å². The summed E-state index contributed by atoms with van der Waals surface area (Å²) in [6.07, 6.45) is 0.810. The zero-order valence-corrected chi connectivity index (χ0v) is 12.5. The number of hydrogen-bond donors (Lipinski definition) is 4. The van der Waals surface area contributed by atoms with Crippen molar-refractivity contribution >= 4 is 35.1 Å².